The molecule has 1 unspecified atom stereocenters. The molecule has 1 fully saturated rings. The molecule has 1 saturated heterocycles. The van der Waals surface area contributed by atoms with Crippen molar-refractivity contribution in [1.82, 2.24) is 9.88 Å². The number of likely N-dealkylation sites (tertiary alicyclic amines) is 1. The van der Waals surface area contributed by atoms with Gasteiger partial charge in [0.25, 0.3) is 0 Å². The fourth-order valence-electron chi connectivity index (χ4n) is 2.32. The van der Waals surface area contributed by atoms with Gasteiger partial charge >= 0.3 is 5.97 Å². The lowest BCUT2D eigenvalue weighted by atomic mass is 10.2. The molecule has 0 aromatic carbocycles. The van der Waals surface area contributed by atoms with Gasteiger partial charge in [0.05, 0.1) is 0 Å². The van der Waals surface area contributed by atoms with Crippen molar-refractivity contribution in [1.29, 1.82) is 0 Å². The smallest absolute Gasteiger partial charge is 0.339 e. The molecule has 2 N–H and O–H groups in total. The Morgan fingerprint density at radius 2 is 2.39 bits per heavy atom. The summed E-state index contributed by atoms with van der Waals surface area (Å²) in [5.74, 6) is -0.465. The standard InChI is InChI=1S/C13H19N3O2/c1-9-5-6-11(13(17)18)12(15-9)14-8-10-4-3-7-16(10)2/h5-6,10H,3-4,7-8H2,1-2H3,(H,14,15)(H,17,18). The number of hydrogen-bond acceptors (Lipinski definition) is 4. The maximum atomic E-state index is 11.1. The number of aromatic nitrogens is 1. The van der Waals surface area contributed by atoms with Crippen molar-refractivity contribution in [2.45, 2.75) is 25.8 Å². The highest BCUT2D eigenvalue weighted by Gasteiger charge is 2.21. The van der Waals surface area contributed by atoms with E-state index in [0.717, 1.165) is 25.2 Å². The van der Waals surface area contributed by atoms with Gasteiger partial charge in [-0.25, -0.2) is 9.78 Å². The third kappa shape index (κ3) is 2.79. The predicted octanol–water partition coefficient (Wildman–Crippen LogP) is 1.59. The highest BCUT2D eigenvalue weighted by molar-refractivity contribution is 5.93. The minimum absolute atomic E-state index is 0.237. The zero-order valence-electron chi connectivity index (χ0n) is 10.8. The SMILES string of the molecule is Cc1ccc(C(=O)O)c(NCC2CCCN2C)n1. The Bertz CT molecular complexity index is 448. The summed E-state index contributed by atoms with van der Waals surface area (Å²) in [5, 5.41) is 12.3. The molecule has 1 aromatic heterocycles. The van der Waals surface area contributed by atoms with Gasteiger partial charge in [-0.15, -0.1) is 0 Å². The number of aryl methyl sites for hydroxylation is 1. The second kappa shape index (κ2) is 5.35. The van der Waals surface area contributed by atoms with E-state index in [1.807, 2.05) is 6.92 Å². The lowest BCUT2D eigenvalue weighted by molar-refractivity contribution is 0.0697. The molecule has 1 atom stereocenters. The van der Waals surface area contributed by atoms with Crippen molar-refractivity contribution in [3.05, 3.63) is 23.4 Å². The molecule has 5 heteroatoms. The van der Waals surface area contributed by atoms with Gasteiger partial charge < -0.3 is 15.3 Å². The number of nitrogens with zero attached hydrogens (tertiary/aromatic N) is 2. The van der Waals surface area contributed by atoms with Crippen LogP contribution in [0, 0.1) is 6.92 Å². The first-order chi connectivity index (χ1) is 8.58. The summed E-state index contributed by atoms with van der Waals surface area (Å²) in [6.45, 7) is 3.71. The van der Waals surface area contributed by atoms with Gasteiger partial charge in [0.1, 0.15) is 11.4 Å². The molecule has 0 bridgehead atoms. The van der Waals surface area contributed by atoms with Gasteiger partial charge in [0.15, 0.2) is 0 Å². The molecule has 1 aliphatic rings. The number of rotatable bonds is 4. The molecular formula is C13H19N3O2. The molecule has 2 rings (SSSR count). The van der Waals surface area contributed by atoms with Crippen molar-refractivity contribution in [3.8, 4) is 0 Å². The van der Waals surface area contributed by atoms with Gasteiger partial charge in [-0.05, 0) is 45.5 Å². The summed E-state index contributed by atoms with van der Waals surface area (Å²) in [7, 11) is 2.10. The minimum atomic E-state index is -0.940. The summed E-state index contributed by atoms with van der Waals surface area (Å²) in [6.07, 6.45) is 2.35. The number of nitrogens with one attached hydrogen (secondary N) is 1. The van der Waals surface area contributed by atoms with Crippen LogP contribution in [0.15, 0.2) is 12.1 Å². The lowest BCUT2D eigenvalue weighted by Crippen LogP contribution is -2.32. The monoisotopic (exact) mass is 249 g/mol. The predicted molar refractivity (Wildman–Crippen MR) is 70.1 cm³/mol. The molecule has 1 aromatic rings. The average Bonchev–Trinajstić information content (AvgIpc) is 2.72. The molecule has 0 radical (unpaired) electrons. The van der Waals surface area contributed by atoms with Gasteiger partial charge in [0, 0.05) is 18.3 Å². The van der Waals surface area contributed by atoms with Gasteiger partial charge in [-0.2, -0.15) is 0 Å². The van der Waals surface area contributed by atoms with E-state index in [2.05, 4.69) is 22.2 Å². The van der Waals surface area contributed by atoms with E-state index in [4.69, 9.17) is 5.11 Å². The molecule has 98 valence electrons. The van der Waals surface area contributed by atoms with Crippen LogP contribution in [-0.2, 0) is 0 Å². The van der Waals surface area contributed by atoms with E-state index in [1.54, 1.807) is 12.1 Å². The van der Waals surface area contributed by atoms with E-state index in [-0.39, 0.29) is 5.56 Å². The van der Waals surface area contributed by atoms with Crippen LogP contribution in [-0.4, -0.2) is 47.1 Å². The molecule has 0 aliphatic carbocycles. The summed E-state index contributed by atoms with van der Waals surface area (Å²) in [6, 6.07) is 3.79. The molecule has 18 heavy (non-hydrogen) atoms. The maximum Gasteiger partial charge on any atom is 0.339 e. The van der Waals surface area contributed by atoms with Crippen molar-refractivity contribution in [2.24, 2.45) is 0 Å². The summed E-state index contributed by atoms with van der Waals surface area (Å²) in [5.41, 5.74) is 1.06. The van der Waals surface area contributed by atoms with Crippen LogP contribution in [0.5, 0.6) is 0 Å². The average molecular weight is 249 g/mol. The number of aromatic carboxylic acids is 1. The zero-order chi connectivity index (χ0) is 13.1. The van der Waals surface area contributed by atoms with Crippen LogP contribution in [0.2, 0.25) is 0 Å². The fourth-order valence-corrected chi connectivity index (χ4v) is 2.32. The molecule has 0 amide bonds. The summed E-state index contributed by atoms with van der Waals surface area (Å²) in [4.78, 5) is 17.7. The second-order valence-corrected chi connectivity index (χ2v) is 4.81. The number of carbonyl (C=O) groups is 1. The largest absolute Gasteiger partial charge is 0.478 e. The Kier molecular flexibility index (Phi) is 3.81. The van der Waals surface area contributed by atoms with Crippen LogP contribution in [0.25, 0.3) is 0 Å². The Morgan fingerprint density at radius 3 is 3.00 bits per heavy atom. The molecule has 1 aliphatic heterocycles. The first-order valence-corrected chi connectivity index (χ1v) is 6.23. The second-order valence-electron chi connectivity index (χ2n) is 4.81. The molecule has 5 nitrogen and oxygen atoms in total. The van der Waals surface area contributed by atoms with Crippen LogP contribution in [0.3, 0.4) is 0 Å². The van der Waals surface area contributed by atoms with E-state index in [1.165, 1.54) is 6.42 Å². The normalized spacial score (nSPS) is 20.0. The number of likely N-dealkylation sites (N-methyl/N-ethyl adjacent to an activating group) is 1. The molecule has 2 heterocycles. The third-order valence-electron chi connectivity index (χ3n) is 3.44. The highest BCUT2D eigenvalue weighted by atomic mass is 16.4. The van der Waals surface area contributed by atoms with Crippen molar-refractivity contribution in [2.75, 3.05) is 25.5 Å². The Balaban J connectivity index is 2.08. The van der Waals surface area contributed by atoms with E-state index < -0.39 is 5.97 Å². The lowest BCUT2D eigenvalue weighted by Gasteiger charge is -2.20. The summed E-state index contributed by atoms with van der Waals surface area (Å²) < 4.78 is 0. The van der Waals surface area contributed by atoms with Crippen LogP contribution in [0.1, 0.15) is 28.9 Å². The van der Waals surface area contributed by atoms with Crippen LogP contribution in [0.4, 0.5) is 5.82 Å². The Hall–Kier alpha value is -1.62. The maximum absolute atomic E-state index is 11.1. The topological polar surface area (TPSA) is 65.5 Å². The number of carboxylic acid groups (broad SMARTS) is 1. The van der Waals surface area contributed by atoms with E-state index in [0.29, 0.717) is 11.9 Å². The molecule has 0 spiro atoms. The first-order valence-electron chi connectivity index (χ1n) is 6.23. The number of carboxylic acids is 1. The van der Waals surface area contributed by atoms with E-state index in [9.17, 15) is 4.79 Å². The van der Waals surface area contributed by atoms with Gasteiger partial charge in [-0.1, -0.05) is 0 Å². The van der Waals surface area contributed by atoms with Crippen LogP contribution < -0.4 is 5.32 Å². The minimum Gasteiger partial charge on any atom is -0.478 e. The van der Waals surface area contributed by atoms with Gasteiger partial charge in [0.2, 0.25) is 0 Å². The highest BCUT2D eigenvalue weighted by Crippen LogP contribution is 2.17. The third-order valence-corrected chi connectivity index (χ3v) is 3.44. The number of hydrogen-bond donors (Lipinski definition) is 2. The van der Waals surface area contributed by atoms with Crippen molar-refractivity contribution >= 4 is 11.8 Å². The van der Waals surface area contributed by atoms with E-state index >= 15 is 0 Å². The molecular weight excluding hydrogens is 230 g/mol. The van der Waals surface area contributed by atoms with Gasteiger partial charge in [-0.3, -0.25) is 0 Å². The Labute approximate surface area is 107 Å². The molecule has 0 saturated carbocycles. The fraction of sp³-hybridized carbons (Fsp3) is 0.538. The quantitative estimate of drug-likeness (QED) is 0.848. The summed E-state index contributed by atoms with van der Waals surface area (Å²) >= 11 is 0. The zero-order valence-corrected chi connectivity index (χ0v) is 10.8. The van der Waals surface area contributed by atoms with Crippen molar-refractivity contribution in [3.63, 3.8) is 0 Å². The Morgan fingerprint density at radius 1 is 1.61 bits per heavy atom. The number of anilines is 1. The van der Waals surface area contributed by atoms with Crippen molar-refractivity contribution < 1.29 is 9.90 Å². The number of pyridine rings is 1. The first kappa shape index (κ1) is 12.8. The van der Waals surface area contributed by atoms with Crippen LogP contribution >= 0.6 is 0 Å².